The quantitative estimate of drug-likeness (QED) is 0.0379. The Kier molecular flexibility index (Phi) is 19.9. The molecule has 0 saturated heterocycles. The molecule has 0 aliphatic carbocycles. The third kappa shape index (κ3) is 13.2. The van der Waals surface area contributed by atoms with E-state index in [1.54, 1.807) is 0 Å². The first-order valence-electron chi connectivity index (χ1n) is 35.3. The van der Waals surface area contributed by atoms with Crippen molar-refractivity contribution >= 4 is 156 Å². The SMILES string of the molecule is CCOC(=O)c1ccccc1-c1cc2c3ccccc3c(-c3ccc(-c4cc5c6ccccc6c(-c6ccccc6C(=O)OCC)cc5c5ccccc45)cc3)cc2c2ccccc12.CCOC(=O)c1ccccc1-c1cc2c3ccccc3c(Br)cc2c2ccccc12.OB(O)c1ccc(B(O)O)cc1. The lowest BCUT2D eigenvalue weighted by molar-refractivity contribution is 0.0517. The summed E-state index contributed by atoms with van der Waals surface area (Å²) in [6.45, 7) is 6.48. The maximum Gasteiger partial charge on any atom is 0.488 e. The fourth-order valence-corrected chi connectivity index (χ4v) is 15.5. The summed E-state index contributed by atoms with van der Waals surface area (Å²) in [6, 6.07) is 102. The maximum absolute atomic E-state index is 13.2. The normalized spacial score (nSPS) is 11.2. The predicted molar refractivity (Wildman–Crippen MR) is 439 cm³/mol. The van der Waals surface area contributed by atoms with Gasteiger partial charge in [0.1, 0.15) is 0 Å². The van der Waals surface area contributed by atoms with Crippen LogP contribution in [0.3, 0.4) is 0 Å². The van der Waals surface area contributed by atoms with E-state index in [1.807, 2.05) is 99.6 Å². The van der Waals surface area contributed by atoms with Gasteiger partial charge >= 0.3 is 32.1 Å². The fourth-order valence-electron chi connectivity index (χ4n) is 14.9. The lowest BCUT2D eigenvalue weighted by Crippen LogP contribution is -2.34. The second-order valence-corrected chi connectivity index (χ2v) is 26.7. The minimum Gasteiger partial charge on any atom is -0.462 e. The molecule has 0 aliphatic heterocycles. The number of esters is 3. The first-order valence-corrected chi connectivity index (χ1v) is 36.1. The molecule has 0 heterocycles. The Morgan fingerprint density at radius 2 is 0.472 bits per heavy atom. The van der Waals surface area contributed by atoms with Gasteiger partial charge in [-0.25, -0.2) is 14.4 Å². The van der Waals surface area contributed by atoms with Gasteiger partial charge in [0.15, 0.2) is 0 Å². The molecular formula is C93H69B2BrO10. The lowest BCUT2D eigenvalue weighted by atomic mass is 9.75. The molecule has 0 unspecified atom stereocenters. The molecule has 0 saturated carbocycles. The number of benzene rings is 17. The van der Waals surface area contributed by atoms with Gasteiger partial charge in [0, 0.05) is 4.47 Å². The molecular weight excluding hydrogens is 1380 g/mol. The average Bonchev–Trinajstić information content (AvgIpc) is 0.740. The first-order chi connectivity index (χ1) is 51.8. The van der Waals surface area contributed by atoms with E-state index in [2.05, 4.69) is 216 Å². The smallest absolute Gasteiger partial charge is 0.462 e. The molecule has 0 radical (unpaired) electrons. The highest BCUT2D eigenvalue weighted by Crippen LogP contribution is 2.47. The predicted octanol–water partition coefficient (Wildman–Crippen LogP) is 20.4. The Bertz CT molecular complexity index is 6030. The van der Waals surface area contributed by atoms with Crippen molar-refractivity contribution in [1.82, 2.24) is 0 Å². The standard InChI is InChI=1S/C60H42O4.C27H19BrO2.C6H8B2O4/c1-3-63-59(61)49-27-15-13-25-47(49)53-35-57-41-19-7-5-17-39(41)51(33-55(57)45-23-11-9-21-43(45)53)37-29-31-38(32-30-37)52-34-56-46-24-12-10-22-44(46)54(36-58(56)42-20-8-6-18-40(42)52)48-26-14-16-28-50(48)60(62)64-4-2;1-2-30-27(29)22-14-8-6-12-20(22)23-15-24-19-11-5-7-13-21(19)26(28)16-25(24)18-10-4-3-9-17(18)23;9-7(10)5-1-2-6(4-3-5)8(11)12/h5-36H,3-4H2,1-2H3;3-16H,2H2,1H3;1-4,9-12H. The Hall–Kier alpha value is -12.1. The summed E-state index contributed by atoms with van der Waals surface area (Å²) in [7, 11) is -3.04. The Morgan fingerprint density at radius 3 is 0.745 bits per heavy atom. The van der Waals surface area contributed by atoms with Crippen molar-refractivity contribution in [3.63, 3.8) is 0 Å². The number of fused-ring (bicyclic) bond motifs is 15. The number of halogens is 1. The number of rotatable bonds is 13. The molecule has 0 atom stereocenters. The summed E-state index contributed by atoms with van der Waals surface area (Å²) in [4.78, 5) is 39.1. The molecule has 17 aromatic carbocycles. The largest absolute Gasteiger partial charge is 0.488 e. The van der Waals surface area contributed by atoms with Crippen molar-refractivity contribution in [3.8, 4) is 55.6 Å². The van der Waals surface area contributed by atoms with Gasteiger partial charge in [0.05, 0.1) is 36.5 Å². The van der Waals surface area contributed by atoms with Crippen LogP contribution in [0.15, 0.2) is 308 Å². The number of hydrogen-bond acceptors (Lipinski definition) is 10. The number of carbonyl (C=O) groups excluding carboxylic acids is 3. The van der Waals surface area contributed by atoms with Crippen LogP contribution in [-0.4, -0.2) is 72.1 Å². The molecule has 514 valence electrons. The van der Waals surface area contributed by atoms with Gasteiger partial charge < -0.3 is 34.3 Å². The minimum atomic E-state index is -1.52. The van der Waals surface area contributed by atoms with Gasteiger partial charge in [-0.05, 0) is 239 Å². The van der Waals surface area contributed by atoms with Crippen molar-refractivity contribution < 1.29 is 48.7 Å². The van der Waals surface area contributed by atoms with Crippen LogP contribution in [0.25, 0.3) is 153 Å². The zero-order chi connectivity index (χ0) is 73.1. The molecule has 0 bridgehead atoms. The van der Waals surface area contributed by atoms with E-state index in [9.17, 15) is 14.4 Å². The van der Waals surface area contributed by atoms with Gasteiger partial charge in [-0.15, -0.1) is 0 Å². The molecule has 106 heavy (non-hydrogen) atoms. The second-order valence-electron chi connectivity index (χ2n) is 25.8. The molecule has 17 rings (SSSR count). The van der Waals surface area contributed by atoms with Crippen molar-refractivity contribution in [2.24, 2.45) is 0 Å². The number of ether oxygens (including phenoxy) is 3. The molecule has 0 aliphatic rings. The molecule has 0 fully saturated rings. The molecule has 10 nitrogen and oxygen atoms in total. The van der Waals surface area contributed by atoms with Gasteiger partial charge in [-0.1, -0.05) is 265 Å². The summed E-state index contributed by atoms with van der Waals surface area (Å²) in [6.07, 6.45) is 0. The van der Waals surface area contributed by atoms with Gasteiger partial charge in [-0.2, -0.15) is 0 Å². The zero-order valence-electron chi connectivity index (χ0n) is 58.3. The fraction of sp³-hybridized carbons (Fsp3) is 0.0645. The summed E-state index contributed by atoms with van der Waals surface area (Å²) in [5, 5.41) is 55.3. The van der Waals surface area contributed by atoms with E-state index in [0.717, 1.165) is 136 Å². The van der Waals surface area contributed by atoms with Crippen LogP contribution >= 0.6 is 15.9 Å². The highest BCUT2D eigenvalue weighted by Gasteiger charge is 2.24. The first kappa shape index (κ1) is 69.6. The lowest BCUT2D eigenvalue weighted by Gasteiger charge is -2.18. The van der Waals surface area contributed by atoms with Crippen molar-refractivity contribution in [3.05, 3.63) is 324 Å². The van der Waals surface area contributed by atoms with Crippen LogP contribution in [-0.2, 0) is 14.2 Å². The molecule has 17 aromatic rings. The van der Waals surface area contributed by atoms with Crippen LogP contribution in [0.2, 0.25) is 0 Å². The molecule has 0 spiro atoms. The van der Waals surface area contributed by atoms with E-state index >= 15 is 0 Å². The highest BCUT2D eigenvalue weighted by atomic mass is 79.9. The second kappa shape index (κ2) is 30.3. The van der Waals surface area contributed by atoms with Crippen LogP contribution in [0.1, 0.15) is 51.8 Å². The Balaban J connectivity index is 0.000000175. The van der Waals surface area contributed by atoms with E-state index < -0.39 is 14.2 Å². The maximum atomic E-state index is 13.2. The van der Waals surface area contributed by atoms with Gasteiger partial charge in [-0.3, -0.25) is 0 Å². The van der Waals surface area contributed by atoms with E-state index in [-0.39, 0.29) is 17.9 Å². The third-order valence-corrected chi connectivity index (χ3v) is 20.4. The van der Waals surface area contributed by atoms with E-state index in [4.69, 9.17) is 34.3 Å². The third-order valence-electron chi connectivity index (χ3n) is 19.8. The Morgan fingerprint density at radius 1 is 0.255 bits per heavy atom. The molecule has 0 aromatic heterocycles. The zero-order valence-corrected chi connectivity index (χ0v) is 59.8. The number of carbonyl (C=O) groups is 3. The molecule has 4 N–H and O–H groups in total. The van der Waals surface area contributed by atoms with Crippen LogP contribution in [0.4, 0.5) is 0 Å². The molecule has 13 heteroatoms. The highest BCUT2D eigenvalue weighted by molar-refractivity contribution is 9.10. The summed E-state index contributed by atoms with van der Waals surface area (Å²) in [5.41, 5.74) is 12.6. The van der Waals surface area contributed by atoms with Crippen LogP contribution in [0.5, 0.6) is 0 Å². The minimum absolute atomic E-state index is 0.294. The topological polar surface area (TPSA) is 160 Å². The summed E-state index contributed by atoms with van der Waals surface area (Å²) < 4.78 is 17.4. The Labute approximate surface area is 621 Å². The van der Waals surface area contributed by atoms with Crippen LogP contribution in [0, 0.1) is 0 Å². The van der Waals surface area contributed by atoms with E-state index in [0.29, 0.717) is 47.4 Å². The van der Waals surface area contributed by atoms with E-state index in [1.165, 1.54) is 45.8 Å². The van der Waals surface area contributed by atoms with Crippen molar-refractivity contribution in [1.29, 1.82) is 0 Å². The number of hydrogen-bond donors (Lipinski definition) is 4. The average molecular weight is 1450 g/mol. The van der Waals surface area contributed by atoms with Crippen molar-refractivity contribution in [2.75, 3.05) is 19.8 Å². The van der Waals surface area contributed by atoms with Gasteiger partial charge in [0.2, 0.25) is 0 Å². The molecule has 0 amide bonds. The van der Waals surface area contributed by atoms with Gasteiger partial charge in [0.25, 0.3) is 0 Å². The summed E-state index contributed by atoms with van der Waals surface area (Å²) in [5.74, 6) is -0.934. The van der Waals surface area contributed by atoms with Crippen molar-refractivity contribution in [2.45, 2.75) is 20.8 Å². The summed E-state index contributed by atoms with van der Waals surface area (Å²) >= 11 is 3.75. The van der Waals surface area contributed by atoms with Crippen LogP contribution < -0.4 is 10.9 Å². The monoisotopic (exact) mass is 1450 g/mol.